The highest BCUT2D eigenvalue weighted by atomic mass is 32.2. The molecule has 9 nitrogen and oxygen atoms in total. The van der Waals surface area contributed by atoms with Crippen molar-refractivity contribution >= 4 is 15.9 Å². The minimum Gasteiger partial charge on any atom is -0.383 e. The molecule has 1 amide bonds. The van der Waals surface area contributed by atoms with Gasteiger partial charge < -0.3 is 9.64 Å². The van der Waals surface area contributed by atoms with Crippen molar-refractivity contribution in [2.45, 2.75) is 51.5 Å². The Balaban J connectivity index is 1.76. The maximum atomic E-state index is 13.5. The summed E-state index contributed by atoms with van der Waals surface area (Å²) in [4.78, 5) is 26.8. The Morgan fingerprint density at radius 3 is 2.18 bits per heavy atom. The number of aryl methyl sites for hydroxylation is 2. The molecule has 1 aromatic heterocycles. The third-order valence-electron chi connectivity index (χ3n) is 6.04. The number of hydrogen-bond donors (Lipinski definition) is 0. The maximum absolute atomic E-state index is 13.5. The molecule has 3 rings (SSSR count). The van der Waals surface area contributed by atoms with Crippen LogP contribution < -0.4 is 5.56 Å². The van der Waals surface area contributed by atoms with E-state index in [-0.39, 0.29) is 55.3 Å². The number of sulfonamides is 1. The fourth-order valence-corrected chi connectivity index (χ4v) is 5.95. The van der Waals surface area contributed by atoms with Gasteiger partial charge in [0.2, 0.25) is 10.0 Å². The molecule has 1 aliphatic rings. The normalized spacial score (nSPS) is 15.5. The van der Waals surface area contributed by atoms with Crippen molar-refractivity contribution in [1.29, 1.82) is 0 Å². The summed E-state index contributed by atoms with van der Waals surface area (Å²) in [6.07, 6.45) is 0. The van der Waals surface area contributed by atoms with Crippen molar-refractivity contribution < 1.29 is 17.9 Å². The number of methoxy groups -OCH3 is 1. The zero-order chi connectivity index (χ0) is 25.3. The van der Waals surface area contributed by atoms with Crippen LogP contribution in [0.25, 0.3) is 0 Å². The second kappa shape index (κ2) is 9.97. The van der Waals surface area contributed by atoms with Crippen LogP contribution in [0.1, 0.15) is 48.0 Å². The van der Waals surface area contributed by atoms with Gasteiger partial charge in [-0.25, -0.2) is 13.1 Å². The molecule has 2 aromatic rings. The number of ether oxygens (including phenoxy) is 1. The van der Waals surface area contributed by atoms with Crippen molar-refractivity contribution in [3.8, 4) is 0 Å². The average molecular weight is 491 g/mol. The highest BCUT2D eigenvalue weighted by Crippen LogP contribution is 2.31. The Morgan fingerprint density at radius 1 is 1.06 bits per heavy atom. The van der Waals surface area contributed by atoms with Gasteiger partial charge in [0, 0.05) is 39.4 Å². The summed E-state index contributed by atoms with van der Waals surface area (Å²) >= 11 is 0. The standard InChI is InChI=1S/C24H34N4O5S/c1-17-15-19(24(3,4)5)16-18(2)22(17)34(31,32)27-11-9-26(10-12-27)23(30)20-7-8-21(29)28(25-20)13-14-33-6/h7-8,15-16H,9-14H2,1-6H3. The number of piperazine rings is 1. The summed E-state index contributed by atoms with van der Waals surface area (Å²) < 4.78 is 34.6. The predicted octanol–water partition coefficient (Wildman–Crippen LogP) is 1.95. The van der Waals surface area contributed by atoms with E-state index >= 15 is 0 Å². The molecule has 186 valence electrons. The van der Waals surface area contributed by atoms with Gasteiger partial charge in [-0.05, 0) is 42.0 Å². The molecule has 0 saturated carbocycles. The van der Waals surface area contributed by atoms with Gasteiger partial charge in [0.15, 0.2) is 0 Å². The Labute approximate surface area is 201 Å². The number of benzene rings is 1. The Bertz CT molecular complexity index is 1200. The quantitative estimate of drug-likeness (QED) is 0.613. The number of hydrogen-bond acceptors (Lipinski definition) is 6. The number of carbonyl (C=O) groups excluding carboxylic acids is 1. The zero-order valence-corrected chi connectivity index (χ0v) is 21.6. The van der Waals surface area contributed by atoms with E-state index in [1.165, 1.54) is 28.2 Å². The topological polar surface area (TPSA) is 102 Å². The first-order valence-corrected chi connectivity index (χ1v) is 12.8. The number of nitrogens with zero attached hydrogens (tertiary/aromatic N) is 4. The third-order valence-corrected chi connectivity index (χ3v) is 8.25. The molecular formula is C24H34N4O5S. The molecule has 2 heterocycles. The second-order valence-corrected chi connectivity index (χ2v) is 11.5. The van der Waals surface area contributed by atoms with E-state index in [1.54, 1.807) is 4.90 Å². The molecule has 10 heteroatoms. The third kappa shape index (κ3) is 5.39. The van der Waals surface area contributed by atoms with Gasteiger partial charge in [-0.2, -0.15) is 9.40 Å². The Kier molecular flexibility index (Phi) is 7.64. The van der Waals surface area contributed by atoms with Gasteiger partial charge in [-0.1, -0.05) is 32.9 Å². The predicted molar refractivity (Wildman–Crippen MR) is 130 cm³/mol. The minimum absolute atomic E-state index is 0.0795. The monoisotopic (exact) mass is 490 g/mol. The van der Waals surface area contributed by atoms with Crippen LogP contribution in [-0.4, -0.2) is 73.2 Å². The largest absolute Gasteiger partial charge is 0.383 e. The molecule has 1 aliphatic heterocycles. The van der Waals surface area contributed by atoms with Crippen LogP contribution in [0.4, 0.5) is 0 Å². The van der Waals surface area contributed by atoms with E-state index in [4.69, 9.17) is 4.74 Å². The van der Waals surface area contributed by atoms with Crippen molar-refractivity contribution in [3.63, 3.8) is 0 Å². The van der Waals surface area contributed by atoms with Crippen LogP contribution in [0, 0.1) is 13.8 Å². The summed E-state index contributed by atoms with van der Waals surface area (Å²) in [5, 5.41) is 4.15. The minimum atomic E-state index is -3.70. The lowest BCUT2D eigenvalue weighted by Gasteiger charge is -2.34. The van der Waals surface area contributed by atoms with Crippen LogP contribution in [0.2, 0.25) is 0 Å². The van der Waals surface area contributed by atoms with E-state index < -0.39 is 10.0 Å². The molecule has 1 saturated heterocycles. The van der Waals surface area contributed by atoms with E-state index in [0.717, 1.165) is 16.7 Å². The average Bonchev–Trinajstić information content (AvgIpc) is 2.77. The fourth-order valence-electron chi connectivity index (χ4n) is 4.11. The molecule has 0 unspecified atom stereocenters. The molecule has 0 aliphatic carbocycles. The van der Waals surface area contributed by atoms with Crippen molar-refractivity contribution in [1.82, 2.24) is 19.0 Å². The van der Waals surface area contributed by atoms with E-state index in [0.29, 0.717) is 11.5 Å². The number of aromatic nitrogens is 2. The number of rotatable bonds is 6. The first-order chi connectivity index (χ1) is 15.9. The van der Waals surface area contributed by atoms with Gasteiger partial charge in [0.1, 0.15) is 5.69 Å². The van der Waals surface area contributed by atoms with Gasteiger partial charge in [-0.3, -0.25) is 9.59 Å². The summed E-state index contributed by atoms with van der Waals surface area (Å²) in [5.74, 6) is -0.329. The van der Waals surface area contributed by atoms with Gasteiger partial charge in [0.25, 0.3) is 11.5 Å². The Morgan fingerprint density at radius 2 is 1.65 bits per heavy atom. The molecule has 0 spiro atoms. The summed E-state index contributed by atoms with van der Waals surface area (Å²) in [6, 6.07) is 6.61. The summed E-state index contributed by atoms with van der Waals surface area (Å²) in [7, 11) is -2.18. The zero-order valence-electron chi connectivity index (χ0n) is 20.8. The molecule has 34 heavy (non-hydrogen) atoms. The molecule has 0 N–H and O–H groups in total. The highest BCUT2D eigenvalue weighted by Gasteiger charge is 2.33. The van der Waals surface area contributed by atoms with Crippen molar-refractivity contribution in [2.75, 3.05) is 39.9 Å². The molecule has 0 bridgehead atoms. The molecular weight excluding hydrogens is 456 g/mol. The highest BCUT2D eigenvalue weighted by molar-refractivity contribution is 7.89. The second-order valence-electron chi connectivity index (χ2n) is 9.66. The van der Waals surface area contributed by atoms with Gasteiger partial charge in [0.05, 0.1) is 18.0 Å². The van der Waals surface area contributed by atoms with Gasteiger partial charge >= 0.3 is 0 Å². The van der Waals surface area contributed by atoms with Gasteiger partial charge in [-0.15, -0.1) is 0 Å². The van der Waals surface area contributed by atoms with Crippen LogP contribution in [-0.2, 0) is 26.7 Å². The lowest BCUT2D eigenvalue weighted by Crippen LogP contribution is -2.51. The lowest BCUT2D eigenvalue weighted by atomic mass is 9.85. The molecule has 0 radical (unpaired) electrons. The summed E-state index contributed by atoms with van der Waals surface area (Å²) in [6.45, 7) is 11.4. The van der Waals surface area contributed by atoms with E-state index in [1.807, 2.05) is 26.0 Å². The van der Waals surface area contributed by atoms with E-state index in [9.17, 15) is 18.0 Å². The first kappa shape index (κ1) is 26.1. The molecule has 1 aromatic carbocycles. The Hall–Kier alpha value is -2.56. The number of amides is 1. The summed E-state index contributed by atoms with van der Waals surface area (Å²) in [5.41, 5.74) is 2.31. The lowest BCUT2D eigenvalue weighted by molar-refractivity contribution is 0.0688. The molecule has 0 atom stereocenters. The SMILES string of the molecule is COCCn1nc(C(=O)N2CCN(S(=O)(=O)c3c(C)cc(C(C)(C)C)cc3C)CC2)ccc1=O. The molecule has 1 fully saturated rings. The van der Waals surface area contributed by atoms with Crippen LogP contribution in [0.3, 0.4) is 0 Å². The van der Waals surface area contributed by atoms with Crippen LogP contribution >= 0.6 is 0 Å². The van der Waals surface area contributed by atoms with Crippen molar-refractivity contribution in [3.05, 3.63) is 57.0 Å². The van der Waals surface area contributed by atoms with Crippen LogP contribution in [0.5, 0.6) is 0 Å². The first-order valence-electron chi connectivity index (χ1n) is 11.3. The van der Waals surface area contributed by atoms with Crippen molar-refractivity contribution in [2.24, 2.45) is 0 Å². The fraction of sp³-hybridized carbons (Fsp3) is 0.542. The van der Waals surface area contributed by atoms with E-state index in [2.05, 4.69) is 25.9 Å². The number of carbonyl (C=O) groups is 1. The smallest absolute Gasteiger partial charge is 0.274 e. The van der Waals surface area contributed by atoms with Crippen LogP contribution in [0.15, 0.2) is 34.0 Å². The maximum Gasteiger partial charge on any atom is 0.274 e.